The largest absolute Gasteiger partial charge is 0.398 e. The fraction of sp³-hybridized carbons (Fsp3) is 0.611. The van der Waals surface area contributed by atoms with Crippen LogP contribution in [0.5, 0.6) is 0 Å². The van der Waals surface area contributed by atoms with Crippen LogP contribution >= 0.6 is 0 Å². The minimum absolute atomic E-state index is 0.0682. The van der Waals surface area contributed by atoms with Gasteiger partial charge in [-0.3, -0.25) is 9.69 Å². The number of nitrogen functional groups attached to an aromatic ring is 1. The maximum atomic E-state index is 12.5. The number of hydrogen-bond donors (Lipinski definition) is 2. The lowest BCUT2D eigenvalue weighted by Gasteiger charge is -2.48. The summed E-state index contributed by atoms with van der Waals surface area (Å²) in [6.45, 7) is 4.20. The molecule has 0 atom stereocenters. The Morgan fingerprint density at radius 3 is 2.57 bits per heavy atom. The molecular formula is C18H27N3O2. The highest BCUT2D eigenvalue weighted by atomic mass is 16.5. The third kappa shape index (κ3) is 3.67. The van der Waals surface area contributed by atoms with Crippen LogP contribution in [0, 0.1) is 0 Å². The zero-order valence-corrected chi connectivity index (χ0v) is 13.7. The standard InChI is InChI=1S/C18H27N3O2/c19-16-7-3-2-6-15(16)17(22)20-14-18(8-4-1-5-9-18)21-10-12-23-13-11-21/h2-3,6-7H,1,4-5,8-14,19H2,(H,20,22). The van der Waals surface area contributed by atoms with Crippen molar-refractivity contribution in [3.05, 3.63) is 29.8 Å². The molecule has 1 aliphatic carbocycles. The van der Waals surface area contributed by atoms with Crippen LogP contribution in [0.25, 0.3) is 0 Å². The number of rotatable bonds is 4. The number of anilines is 1. The van der Waals surface area contributed by atoms with Crippen LogP contribution in [0.15, 0.2) is 24.3 Å². The summed E-state index contributed by atoms with van der Waals surface area (Å²) in [6.07, 6.45) is 6.07. The molecule has 23 heavy (non-hydrogen) atoms. The van der Waals surface area contributed by atoms with E-state index < -0.39 is 0 Å². The van der Waals surface area contributed by atoms with Gasteiger partial charge < -0.3 is 15.8 Å². The number of para-hydroxylation sites is 1. The number of carbonyl (C=O) groups is 1. The van der Waals surface area contributed by atoms with Crippen molar-refractivity contribution in [3.8, 4) is 0 Å². The highest BCUT2D eigenvalue weighted by Crippen LogP contribution is 2.34. The van der Waals surface area contributed by atoms with Crippen LogP contribution < -0.4 is 11.1 Å². The van der Waals surface area contributed by atoms with Crippen LogP contribution in [0.3, 0.4) is 0 Å². The molecule has 0 spiro atoms. The summed E-state index contributed by atoms with van der Waals surface area (Å²) in [6, 6.07) is 7.26. The monoisotopic (exact) mass is 317 g/mol. The van der Waals surface area contributed by atoms with Crippen molar-refractivity contribution in [3.63, 3.8) is 0 Å². The summed E-state index contributed by atoms with van der Waals surface area (Å²) in [5, 5.41) is 3.15. The Balaban J connectivity index is 1.69. The molecule has 126 valence electrons. The molecule has 1 heterocycles. The first-order valence-corrected chi connectivity index (χ1v) is 8.67. The quantitative estimate of drug-likeness (QED) is 0.834. The van der Waals surface area contributed by atoms with Crippen molar-refractivity contribution >= 4 is 11.6 Å². The van der Waals surface area contributed by atoms with E-state index in [0.29, 0.717) is 17.8 Å². The lowest BCUT2D eigenvalue weighted by molar-refractivity contribution is -0.0361. The van der Waals surface area contributed by atoms with Gasteiger partial charge >= 0.3 is 0 Å². The van der Waals surface area contributed by atoms with Crippen molar-refractivity contribution in [2.75, 3.05) is 38.6 Å². The molecule has 5 nitrogen and oxygen atoms in total. The van der Waals surface area contributed by atoms with Crippen molar-refractivity contribution in [2.45, 2.75) is 37.6 Å². The number of nitrogens with two attached hydrogens (primary N) is 1. The first kappa shape index (κ1) is 16.3. The van der Waals surface area contributed by atoms with Gasteiger partial charge in [0.25, 0.3) is 5.91 Å². The van der Waals surface area contributed by atoms with Crippen LogP contribution in [-0.4, -0.2) is 49.2 Å². The van der Waals surface area contributed by atoms with Gasteiger partial charge in [-0.05, 0) is 25.0 Å². The average molecular weight is 317 g/mol. The molecule has 1 aliphatic heterocycles. The molecule has 1 aromatic rings. The first-order chi connectivity index (χ1) is 11.2. The van der Waals surface area contributed by atoms with Gasteiger partial charge in [-0.25, -0.2) is 0 Å². The molecule has 5 heteroatoms. The number of morpholine rings is 1. The Hall–Kier alpha value is -1.59. The van der Waals surface area contributed by atoms with Crippen LogP contribution in [0.1, 0.15) is 42.5 Å². The molecular weight excluding hydrogens is 290 g/mol. The second kappa shape index (κ2) is 7.32. The van der Waals surface area contributed by atoms with Crippen LogP contribution in [-0.2, 0) is 4.74 Å². The van der Waals surface area contributed by atoms with E-state index in [1.54, 1.807) is 12.1 Å². The van der Waals surface area contributed by atoms with Gasteiger partial charge in [-0.2, -0.15) is 0 Å². The molecule has 1 saturated carbocycles. The van der Waals surface area contributed by atoms with Crippen molar-refractivity contribution in [1.29, 1.82) is 0 Å². The summed E-state index contributed by atoms with van der Waals surface area (Å²) < 4.78 is 5.50. The van der Waals surface area contributed by atoms with Gasteiger partial charge in [-0.1, -0.05) is 31.4 Å². The van der Waals surface area contributed by atoms with Crippen molar-refractivity contribution < 1.29 is 9.53 Å². The summed E-state index contributed by atoms with van der Waals surface area (Å²) in [5.41, 5.74) is 7.11. The highest BCUT2D eigenvalue weighted by Gasteiger charge is 2.38. The lowest BCUT2D eigenvalue weighted by atomic mass is 9.79. The molecule has 2 aliphatic rings. The van der Waals surface area contributed by atoms with E-state index in [-0.39, 0.29) is 11.4 Å². The Labute approximate surface area is 138 Å². The maximum Gasteiger partial charge on any atom is 0.253 e. The first-order valence-electron chi connectivity index (χ1n) is 8.67. The third-order valence-electron chi connectivity index (χ3n) is 5.25. The van der Waals surface area contributed by atoms with Gasteiger partial charge in [0, 0.05) is 30.9 Å². The number of carbonyl (C=O) groups excluding carboxylic acids is 1. The second-order valence-electron chi connectivity index (χ2n) is 6.65. The van der Waals surface area contributed by atoms with Gasteiger partial charge in [0.2, 0.25) is 0 Å². The third-order valence-corrected chi connectivity index (χ3v) is 5.25. The Bertz CT molecular complexity index is 535. The fourth-order valence-corrected chi connectivity index (χ4v) is 3.90. The predicted octanol–water partition coefficient (Wildman–Crippen LogP) is 2.03. The van der Waals surface area contributed by atoms with Crippen molar-refractivity contribution in [1.82, 2.24) is 10.2 Å². The molecule has 0 aromatic heterocycles. The van der Waals surface area contributed by atoms with E-state index in [4.69, 9.17) is 10.5 Å². The molecule has 1 aromatic carbocycles. The van der Waals surface area contributed by atoms with E-state index in [2.05, 4.69) is 10.2 Å². The summed E-state index contributed by atoms with van der Waals surface area (Å²) in [5.74, 6) is -0.0682. The van der Waals surface area contributed by atoms with E-state index >= 15 is 0 Å². The van der Waals surface area contributed by atoms with E-state index in [9.17, 15) is 4.79 Å². The summed E-state index contributed by atoms with van der Waals surface area (Å²) in [7, 11) is 0. The number of hydrogen-bond acceptors (Lipinski definition) is 4. The lowest BCUT2D eigenvalue weighted by Crippen LogP contribution is -2.59. The topological polar surface area (TPSA) is 67.6 Å². The zero-order valence-electron chi connectivity index (χ0n) is 13.7. The number of nitrogens with zero attached hydrogens (tertiary/aromatic N) is 1. The maximum absolute atomic E-state index is 12.5. The number of amides is 1. The smallest absolute Gasteiger partial charge is 0.253 e. The Kier molecular flexibility index (Phi) is 5.18. The van der Waals surface area contributed by atoms with Gasteiger partial charge in [0.05, 0.1) is 18.8 Å². The van der Waals surface area contributed by atoms with Crippen molar-refractivity contribution in [2.24, 2.45) is 0 Å². The molecule has 3 rings (SSSR count). The normalized spacial score (nSPS) is 21.7. The molecule has 0 bridgehead atoms. The number of benzene rings is 1. The molecule has 2 fully saturated rings. The van der Waals surface area contributed by atoms with E-state index in [1.807, 2.05) is 12.1 Å². The molecule has 1 saturated heterocycles. The van der Waals surface area contributed by atoms with E-state index in [0.717, 1.165) is 39.1 Å². The van der Waals surface area contributed by atoms with Crippen LogP contribution in [0.2, 0.25) is 0 Å². The number of nitrogens with one attached hydrogen (secondary N) is 1. The molecule has 0 radical (unpaired) electrons. The second-order valence-corrected chi connectivity index (χ2v) is 6.65. The minimum Gasteiger partial charge on any atom is -0.398 e. The highest BCUT2D eigenvalue weighted by molar-refractivity contribution is 5.99. The molecule has 3 N–H and O–H groups in total. The molecule has 1 amide bonds. The van der Waals surface area contributed by atoms with Gasteiger partial charge in [0.1, 0.15) is 0 Å². The number of ether oxygens (including phenoxy) is 1. The van der Waals surface area contributed by atoms with E-state index in [1.165, 1.54) is 19.3 Å². The SMILES string of the molecule is Nc1ccccc1C(=O)NCC1(N2CCOCC2)CCCCC1. The average Bonchev–Trinajstić information content (AvgIpc) is 2.62. The van der Waals surface area contributed by atoms with Gasteiger partial charge in [-0.15, -0.1) is 0 Å². The van der Waals surface area contributed by atoms with Crippen LogP contribution in [0.4, 0.5) is 5.69 Å². The minimum atomic E-state index is -0.0682. The molecule has 0 unspecified atom stereocenters. The zero-order chi connectivity index (χ0) is 16.1. The summed E-state index contributed by atoms with van der Waals surface area (Å²) in [4.78, 5) is 15.0. The fourth-order valence-electron chi connectivity index (χ4n) is 3.90. The Morgan fingerprint density at radius 2 is 1.87 bits per heavy atom. The predicted molar refractivity (Wildman–Crippen MR) is 91.4 cm³/mol. The summed E-state index contributed by atoms with van der Waals surface area (Å²) >= 11 is 0. The Morgan fingerprint density at radius 1 is 1.17 bits per heavy atom. The van der Waals surface area contributed by atoms with Gasteiger partial charge in [0.15, 0.2) is 0 Å².